The van der Waals surface area contributed by atoms with Crippen LogP contribution in [0.25, 0.3) is 0 Å². The van der Waals surface area contributed by atoms with Crippen molar-refractivity contribution in [3.8, 4) is 5.75 Å². The molecule has 0 aliphatic carbocycles. The largest absolute Gasteiger partial charge is 0.494 e. The van der Waals surface area contributed by atoms with Crippen LogP contribution in [0, 0.1) is 5.92 Å². The Kier molecular flexibility index (Phi) is 7.37. The van der Waals surface area contributed by atoms with Crippen molar-refractivity contribution in [2.75, 3.05) is 13.2 Å². The Labute approximate surface area is 185 Å². The second kappa shape index (κ2) is 9.99. The number of carbonyl (C=O) groups is 2. The third kappa shape index (κ3) is 5.09. The second-order valence-corrected chi connectivity index (χ2v) is 8.80. The van der Waals surface area contributed by atoms with E-state index in [1.807, 2.05) is 62.4 Å². The van der Waals surface area contributed by atoms with Gasteiger partial charge in [0.25, 0.3) is 5.91 Å². The second-order valence-electron chi connectivity index (χ2n) is 8.80. The van der Waals surface area contributed by atoms with E-state index in [4.69, 9.17) is 4.74 Å². The van der Waals surface area contributed by atoms with Crippen molar-refractivity contribution in [2.45, 2.75) is 59.0 Å². The van der Waals surface area contributed by atoms with Gasteiger partial charge in [0, 0.05) is 17.7 Å². The predicted molar refractivity (Wildman–Crippen MR) is 123 cm³/mol. The van der Waals surface area contributed by atoms with Crippen molar-refractivity contribution >= 4 is 11.8 Å². The van der Waals surface area contributed by atoms with Gasteiger partial charge in [-0.1, -0.05) is 50.2 Å². The van der Waals surface area contributed by atoms with Gasteiger partial charge in [0.2, 0.25) is 5.91 Å². The SMILES string of the molecule is CCOc1ccccc1CN1C(=O)c2ccccc2CC[C@]1(C)C(=O)NCCC(C)C. The number of hydrogen-bond acceptors (Lipinski definition) is 3. The fourth-order valence-corrected chi connectivity index (χ4v) is 4.08. The number of aryl methyl sites for hydroxylation is 1. The highest BCUT2D eigenvalue weighted by Gasteiger charge is 2.44. The summed E-state index contributed by atoms with van der Waals surface area (Å²) in [6, 6.07) is 15.4. The highest BCUT2D eigenvalue weighted by atomic mass is 16.5. The lowest BCUT2D eigenvalue weighted by Crippen LogP contribution is -2.58. The maximum Gasteiger partial charge on any atom is 0.255 e. The monoisotopic (exact) mass is 422 g/mol. The molecule has 2 aromatic carbocycles. The Bertz CT molecular complexity index is 924. The van der Waals surface area contributed by atoms with Crippen LogP contribution in [0.3, 0.4) is 0 Å². The van der Waals surface area contributed by atoms with Crippen LogP contribution < -0.4 is 10.1 Å². The number of ether oxygens (including phenoxy) is 1. The van der Waals surface area contributed by atoms with Crippen LogP contribution >= 0.6 is 0 Å². The molecular weight excluding hydrogens is 388 g/mol. The van der Waals surface area contributed by atoms with Crippen molar-refractivity contribution in [3.63, 3.8) is 0 Å². The third-order valence-corrected chi connectivity index (χ3v) is 6.07. The first-order chi connectivity index (χ1) is 14.9. The molecule has 3 rings (SSSR count). The molecule has 1 heterocycles. The minimum absolute atomic E-state index is 0.0943. The van der Waals surface area contributed by atoms with E-state index < -0.39 is 5.54 Å². The molecular formula is C26H34N2O3. The van der Waals surface area contributed by atoms with Crippen LogP contribution in [0.2, 0.25) is 0 Å². The van der Waals surface area contributed by atoms with E-state index in [1.165, 1.54) is 0 Å². The first kappa shape index (κ1) is 22.9. The summed E-state index contributed by atoms with van der Waals surface area (Å²) in [5.41, 5.74) is 1.62. The van der Waals surface area contributed by atoms with Gasteiger partial charge in [-0.25, -0.2) is 0 Å². The standard InChI is InChI=1S/C26H34N2O3/c1-5-31-23-13-9-7-11-21(23)18-28-24(29)22-12-8-6-10-20(22)14-16-26(28,4)25(30)27-17-15-19(2)3/h6-13,19H,5,14-18H2,1-4H3,(H,27,30)/t26-/m1/s1. The molecule has 0 saturated heterocycles. The molecule has 0 unspecified atom stereocenters. The third-order valence-electron chi connectivity index (χ3n) is 6.07. The lowest BCUT2D eigenvalue weighted by molar-refractivity contribution is -0.132. The first-order valence-corrected chi connectivity index (χ1v) is 11.3. The smallest absolute Gasteiger partial charge is 0.255 e. The number of benzene rings is 2. The van der Waals surface area contributed by atoms with Gasteiger partial charge >= 0.3 is 0 Å². The quantitative estimate of drug-likeness (QED) is 0.677. The number of carbonyl (C=O) groups excluding carboxylic acids is 2. The Hall–Kier alpha value is -2.82. The lowest BCUT2D eigenvalue weighted by Gasteiger charge is -2.39. The van der Waals surface area contributed by atoms with E-state index in [0.29, 0.717) is 44.0 Å². The van der Waals surface area contributed by atoms with Crippen molar-refractivity contribution in [1.82, 2.24) is 10.2 Å². The van der Waals surface area contributed by atoms with E-state index in [9.17, 15) is 9.59 Å². The summed E-state index contributed by atoms with van der Waals surface area (Å²) >= 11 is 0. The summed E-state index contributed by atoms with van der Waals surface area (Å²) in [5, 5.41) is 3.09. The zero-order valence-corrected chi connectivity index (χ0v) is 19.1. The fourth-order valence-electron chi connectivity index (χ4n) is 4.08. The molecule has 2 aromatic rings. The summed E-state index contributed by atoms with van der Waals surface area (Å²) < 4.78 is 5.80. The summed E-state index contributed by atoms with van der Waals surface area (Å²) in [7, 11) is 0. The van der Waals surface area contributed by atoms with E-state index in [1.54, 1.807) is 4.90 Å². The van der Waals surface area contributed by atoms with Crippen molar-refractivity contribution in [2.24, 2.45) is 5.92 Å². The van der Waals surface area contributed by atoms with Gasteiger partial charge < -0.3 is 15.0 Å². The maximum atomic E-state index is 13.7. The normalized spacial score (nSPS) is 18.5. The first-order valence-electron chi connectivity index (χ1n) is 11.3. The maximum absolute atomic E-state index is 13.7. The molecule has 0 bridgehead atoms. The lowest BCUT2D eigenvalue weighted by atomic mass is 9.91. The number of amides is 2. The summed E-state index contributed by atoms with van der Waals surface area (Å²) in [4.78, 5) is 28.9. The number of rotatable bonds is 8. The van der Waals surface area contributed by atoms with Crippen LogP contribution in [-0.2, 0) is 17.8 Å². The molecule has 31 heavy (non-hydrogen) atoms. The molecule has 0 spiro atoms. The average molecular weight is 423 g/mol. The van der Waals surface area contributed by atoms with Crippen LogP contribution in [0.4, 0.5) is 0 Å². The minimum atomic E-state index is -0.952. The number of para-hydroxylation sites is 1. The zero-order valence-electron chi connectivity index (χ0n) is 19.1. The molecule has 166 valence electrons. The molecule has 1 aliphatic heterocycles. The molecule has 5 heteroatoms. The van der Waals surface area contributed by atoms with Crippen molar-refractivity contribution < 1.29 is 14.3 Å². The van der Waals surface area contributed by atoms with Gasteiger partial charge in [0.05, 0.1) is 13.2 Å². The van der Waals surface area contributed by atoms with Gasteiger partial charge in [0.15, 0.2) is 0 Å². The van der Waals surface area contributed by atoms with Gasteiger partial charge in [-0.05, 0) is 56.7 Å². The zero-order chi connectivity index (χ0) is 22.4. The molecule has 1 aliphatic rings. The summed E-state index contributed by atoms with van der Waals surface area (Å²) in [6.45, 7) is 9.57. The highest BCUT2D eigenvalue weighted by molar-refractivity contribution is 6.01. The van der Waals surface area contributed by atoms with Crippen molar-refractivity contribution in [3.05, 3.63) is 65.2 Å². The average Bonchev–Trinajstić information content (AvgIpc) is 2.86. The van der Waals surface area contributed by atoms with Crippen LogP contribution in [0.5, 0.6) is 5.75 Å². The molecule has 0 radical (unpaired) electrons. The molecule has 5 nitrogen and oxygen atoms in total. The van der Waals surface area contributed by atoms with Gasteiger partial charge in [-0.3, -0.25) is 9.59 Å². The summed E-state index contributed by atoms with van der Waals surface area (Å²) in [5.74, 6) is 1.05. The van der Waals surface area contributed by atoms with E-state index in [2.05, 4.69) is 19.2 Å². The van der Waals surface area contributed by atoms with Crippen LogP contribution in [-0.4, -0.2) is 35.4 Å². The van der Waals surface area contributed by atoms with E-state index >= 15 is 0 Å². The summed E-state index contributed by atoms with van der Waals surface area (Å²) in [6.07, 6.45) is 2.16. The van der Waals surface area contributed by atoms with E-state index in [0.717, 1.165) is 23.3 Å². The van der Waals surface area contributed by atoms with Gasteiger partial charge in [-0.15, -0.1) is 0 Å². The Morgan fingerprint density at radius 3 is 2.61 bits per heavy atom. The number of fused-ring (bicyclic) bond motifs is 1. The Balaban J connectivity index is 1.98. The predicted octanol–water partition coefficient (Wildman–Crippen LogP) is 4.59. The number of nitrogens with zero attached hydrogens (tertiary/aromatic N) is 1. The molecule has 0 fully saturated rings. The number of nitrogens with one attached hydrogen (secondary N) is 1. The number of hydrogen-bond donors (Lipinski definition) is 1. The van der Waals surface area contributed by atoms with Gasteiger partial charge in [0.1, 0.15) is 11.3 Å². The Morgan fingerprint density at radius 1 is 1.16 bits per heavy atom. The molecule has 1 N–H and O–H groups in total. The van der Waals surface area contributed by atoms with E-state index in [-0.39, 0.29) is 11.8 Å². The highest BCUT2D eigenvalue weighted by Crippen LogP contribution is 2.33. The molecule has 1 atom stereocenters. The Morgan fingerprint density at radius 2 is 1.87 bits per heavy atom. The van der Waals surface area contributed by atoms with Crippen LogP contribution in [0.15, 0.2) is 48.5 Å². The molecule has 0 aromatic heterocycles. The topological polar surface area (TPSA) is 58.6 Å². The molecule has 0 saturated carbocycles. The fraction of sp³-hybridized carbons (Fsp3) is 0.462. The van der Waals surface area contributed by atoms with Crippen LogP contribution in [0.1, 0.15) is 62.0 Å². The van der Waals surface area contributed by atoms with Gasteiger partial charge in [-0.2, -0.15) is 0 Å². The molecule has 2 amide bonds. The van der Waals surface area contributed by atoms with Crippen molar-refractivity contribution in [1.29, 1.82) is 0 Å². The minimum Gasteiger partial charge on any atom is -0.494 e.